The van der Waals surface area contributed by atoms with Crippen molar-refractivity contribution in [3.05, 3.63) is 42.5 Å². The van der Waals surface area contributed by atoms with Crippen molar-refractivity contribution >= 4 is 41.1 Å². The van der Waals surface area contributed by atoms with Crippen LogP contribution in [-0.2, 0) is 0 Å². The van der Waals surface area contributed by atoms with E-state index in [4.69, 9.17) is 4.74 Å². The molecule has 1 aliphatic heterocycles. The Kier molecular flexibility index (Phi) is 4.22. The van der Waals surface area contributed by atoms with Gasteiger partial charge in [-0.2, -0.15) is 0 Å². The highest BCUT2D eigenvalue weighted by molar-refractivity contribution is 8.01. The van der Waals surface area contributed by atoms with Gasteiger partial charge in [0.15, 0.2) is 0 Å². The van der Waals surface area contributed by atoms with E-state index in [9.17, 15) is 4.79 Å². The summed E-state index contributed by atoms with van der Waals surface area (Å²) in [7, 11) is 3.41. The van der Waals surface area contributed by atoms with Gasteiger partial charge in [-0.05, 0) is 54.6 Å². The number of hydrogen-bond donors (Lipinski definition) is 0. The third kappa shape index (κ3) is 2.64. The maximum Gasteiger partial charge on any atom is 0.339 e. The lowest BCUT2D eigenvalue weighted by molar-refractivity contribution is 0.255. The first kappa shape index (κ1) is 15.1. The molecule has 0 spiro atoms. The van der Waals surface area contributed by atoms with Gasteiger partial charge in [0.25, 0.3) is 0 Å². The van der Waals surface area contributed by atoms with Crippen LogP contribution in [0.25, 0.3) is 0 Å². The van der Waals surface area contributed by atoms with Gasteiger partial charge in [0.1, 0.15) is 5.75 Å². The first-order valence-corrected chi connectivity index (χ1v) is 8.71. The lowest BCUT2D eigenvalue weighted by Gasteiger charge is -2.33. The van der Waals surface area contributed by atoms with Crippen molar-refractivity contribution in [1.29, 1.82) is 0 Å². The Bertz CT molecular complexity index is 704. The van der Waals surface area contributed by atoms with Crippen molar-refractivity contribution in [3.8, 4) is 5.75 Å². The molecule has 0 saturated carbocycles. The Hall–Kier alpha value is -1.79. The van der Waals surface area contributed by atoms with Crippen LogP contribution in [0.4, 0.5) is 16.2 Å². The molecule has 1 aliphatic rings. The maximum atomic E-state index is 12.6. The van der Waals surface area contributed by atoms with Crippen LogP contribution in [-0.4, -0.2) is 26.4 Å². The first-order chi connectivity index (χ1) is 10.6. The SMILES string of the molecule is COc1ccc2c(c1)N(C)C(=O)N(c1ccc(SC)cc1)S2. The average Bonchev–Trinajstić information content (AvgIpc) is 2.58. The van der Waals surface area contributed by atoms with Gasteiger partial charge in [-0.3, -0.25) is 4.90 Å². The summed E-state index contributed by atoms with van der Waals surface area (Å²) < 4.78 is 6.94. The van der Waals surface area contributed by atoms with E-state index in [1.807, 2.05) is 48.7 Å². The molecule has 0 N–H and O–H groups in total. The van der Waals surface area contributed by atoms with Crippen LogP contribution >= 0.6 is 23.7 Å². The molecule has 0 atom stereocenters. The highest BCUT2D eigenvalue weighted by Gasteiger charge is 2.30. The van der Waals surface area contributed by atoms with Crippen molar-refractivity contribution in [2.45, 2.75) is 9.79 Å². The molecule has 3 rings (SSSR count). The number of fused-ring (bicyclic) bond motifs is 1. The summed E-state index contributed by atoms with van der Waals surface area (Å²) in [5.74, 6) is 0.747. The maximum absolute atomic E-state index is 12.6. The van der Waals surface area contributed by atoms with E-state index in [0.29, 0.717) is 0 Å². The fourth-order valence-electron chi connectivity index (χ4n) is 2.22. The van der Waals surface area contributed by atoms with Gasteiger partial charge >= 0.3 is 6.03 Å². The molecular formula is C16H16N2O2S2. The number of thioether (sulfide) groups is 1. The summed E-state index contributed by atoms with van der Waals surface area (Å²) in [4.78, 5) is 16.5. The normalized spacial score (nSPS) is 14.0. The molecule has 114 valence electrons. The van der Waals surface area contributed by atoms with Gasteiger partial charge in [-0.1, -0.05) is 0 Å². The number of urea groups is 1. The van der Waals surface area contributed by atoms with E-state index in [2.05, 4.69) is 0 Å². The summed E-state index contributed by atoms with van der Waals surface area (Å²) in [6.07, 6.45) is 2.03. The quantitative estimate of drug-likeness (QED) is 0.612. The molecule has 4 nitrogen and oxygen atoms in total. The lowest BCUT2D eigenvalue weighted by Crippen LogP contribution is -2.40. The molecule has 2 amide bonds. The Morgan fingerprint density at radius 2 is 1.86 bits per heavy atom. The molecule has 22 heavy (non-hydrogen) atoms. The molecule has 0 aromatic heterocycles. The molecule has 0 saturated heterocycles. The largest absolute Gasteiger partial charge is 0.497 e. The molecule has 0 aliphatic carbocycles. The van der Waals surface area contributed by atoms with Crippen molar-refractivity contribution < 1.29 is 9.53 Å². The zero-order valence-corrected chi connectivity index (χ0v) is 14.2. The number of rotatable bonds is 3. The van der Waals surface area contributed by atoms with Crippen molar-refractivity contribution in [2.75, 3.05) is 29.6 Å². The van der Waals surface area contributed by atoms with E-state index in [1.165, 1.54) is 16.8 Å². The third-order valence-corrected chi connectivity index (χ3v) is 5.32. The van der Waals surface area contributed by atoms with E-state index in [-0.39, 0.29) is 6.03 Å². The fourth-order valence-corrected chi connectivity index (χ4v) is 3.67. The van der Waals surface area contributed by atoms with Gasteiger partial charge in [-0.15, -0.1) is 11.8 Å². The van der Waals surface area contributed by atoms with E-state index in [1.54, 1.807) is 35.1 Å². The number of amides is 2. The molecule has 0 radical (unpaired) electrons. The van der Waals surface area contributed by atoms with E-state index < -0.39 is 0 Å². The van der Waals surface area contributed by atoms with Crippen LogP contribution in [0, 0.1) is 0 Å². The van der Waals surface area contributed by atoms with Crippen LogP contribution in [0.3, 0.4) is 0 Å². The standard InChI is InChI=1S/C16H16N2O2S2/c1-17-14-10-12(20-2)6-9-15(14)22-18(16(17)19)11-4-7-13(21-3)8-5-11/h4-10H,1-3H3. The van der Waals surface area contributed by atoms with Crippen molar-refractivity contribution in [3.63, 3.8) is 0 Å². The molecule has 6 heteroatoms. The molecule has 0 bridgehead atoms. The van der Waals surface area contributed by atoms with Crippen molar-refractivity contribution in [2.24, 2.45) is 0 Å². The number of carbonyl (C=O) groups is 1. The van der Waals surface area contributed by atoms with Crippen LogP contribution in [0.2, 0.25) is 0 Å². The number of hydrogen-bond acceptors (Lipinski definition) is 4. The van der Waals surface area contributed by atoms with Crippen LogP contribution in [0.15, 0.2) is 52.3 Å². The monoisotopic (exact) mass is 332 g/mol. The molecule has 1 heterocycles. The van der Waals surface area contributed by atoms with Gasteiger partial charge in [0.2, 0.25) is 0 Å². The summed E-state index contributed by atoms with van der Waals surface area (Å²) in [6, 6.07) is 13.7. The highest BCUT2D eigenvalue weighted by Crippen LogP contribution is 2.42. The number of methoxy groups -OCH3 is 1. The molecule has 2 aromatic rings. The number of carbonyl (C=O) groups excluding carboxylic acids is 1. The third-order valence-electron chi connectivity index (χ3n) is 3.48. The topological polar surface area (TPSA) is 32.8 Å². The number of ether oxygens (including phenoxy) is 1. The Morgan fingerprint density at radius 1 is 1.14 bits per heavy atom. The number of anilines is 2. The molecule has 2 aromatic carbocycles. The second kappa shape index (κ2) is 6.14. The minimum atomic E-state index is -0.0670. The summed E-state index contributed by atoms with van der Waals surface area (Å²) in [5, 5.41) is 0. The molecule has 0 unspecified atom stereocenters. The van der Waals surface area contributed by atoms with E-state index in [0.717, 1.165) is 22.0 Å². The average molecular weight is 332 g/mol. The molecule has 0 fully saturated rings. The van der Waals surface area contributed by atoms with Gasteiger partial charge in [0.05, 0.1) is 23.4 Å². The van der Waals surface area contributed by atoms with Gasteiger partial charge in [-0.25, -0.2) is 9.10 Å². The van der Waals surface area contributed by atoms with Crippen molar-refractivity contribution in [1.82, 2.24) is 0 Å². The molecular weight excluding hydrogens is 316 g/mol. The summed E-state index contributed by atoms with van der Waals surface area (Å²) in [6.45, 7) is 0. The smallest absolute Gasteiger partial charge is 0.339 e. The summed E-state index contributed by atoms with van der Waals surface area (Å²) >= 11 is 3.12. The lowest BCUT2D eigenvalue weighted by atomic mass is 10.2. The van der Waals surface area contributed by atoms with Crippen LogP contribution in [0.1, 0.15) is 0 Å². The van der Waals surface area contributed by atoms with Crippen LogP contribution in [0.5, 0.6) is 5.75 Å². The van der Waals surface area contributed by atoms with Gasteiger partial charge < -0.3 is 4.74 Å². The highest BCUT2D eigenvalue weighted by atomic mass is 32.2. The Labute approximate surface area is 138 Å². The van der Waals surface area contributed by atoms with Crippen LogP contribution < -0.4 is 13.9 Å². The predicted octanol–water partition coefficient (Wildman–Crippen LogP) is 4.50. The van der Waals surface area contributed by atoms with E-state index >= 15 is 0 Å². The Morgan fingerprint density at radius 3 is 2.50 bits per heavy atom. The number of benzene rings is 2. The zero-order chi connectivity index (χ0) is 15.7. The minimum Gasteiger partial charge on any atom is -0.497 e. The second-order valence-electron chi connectivity index (χ2n) is 4.76. The minimum absolute atomic E-state index is 0.0670. The summed E-state index contributed by atoms with van der Waals surface area (Å²) in [5.41, 5.74) is 1.74. The fraction of sp³-hybridized carbons (Fsp3) is 0.188. The first-order valence-electron chi connectivity index (χ1n) is 6.72. The van der Waals surface area contributed by atoms with Gasteiger partial charge in [0, 0.05) is 18.0 Å². The Balaban J connectivity index is 1.96. The second-order valence-corrected chi connectivity index (χ2v) is 6.63. The zero-order valence-electron chi connectivity index (χ0n) is 12.6. The number of nitrogens with zero attached hydrogens (tertiary/aromatic N) is 2. The predicted molar refractivity (Wildman–Crippen MR) is 93.4 cm³/mol.